The third-order valence-corrected chi connectivity index (χ3v) is 6.84. The van der Waals surface area contributed by atoms with Crippen molar-refractivity contribution in [3.63, 3.8) is 0 Å². The van der Waals surface area contributed by atoms with Crippen molar-refractivity contribution in [2.24, 2.45) is 0 Å². The van der Waals surface area contributed by atoms with E-state index >= 15 is 0 Å². The Balaban J connectivity index is 2.55. The van der Waals surface area contributed by atoms with E-state index in [-0.39, 0.29) is 21.4 Å². The molecular weight excluding hydrogens is 447 g/mol. The van der Waals surface area contributed by atoms with Crippen molar-refractivity contribution < 1.29 is 27.1 Å². The molecule has 0 spiro atoms. The lowest BCUT2D eigenvalue weighted by atomic mass is 10.0. The number of methoxy groups -OCH3 is 2. The molecule has 2 aromatic rings. The Kier molecular flexibility index (Phi) is 7.77. The lowest BCUT2D eigenvalue weighted by Gasteiger charge is -2.28. The maximum Gasteiger partial charge on any atom is 0.264 e. The summed E-state index contributed by atoms with van der Waals surface area (Å²) in [6.45, 7) is 5.03. The van der Waals surface area contributed by atoms with E-state index in [1.165, 1.54) is 38.5 Å². The number of benzene rings is 2. The van der Waals surface area contributed by atoms with Gasteiger partial charge in [-0.25, -0.2) is 12.8 Å². The standard InChI is InChI=1S/C21H26ClFN2O5S/c1-6-21(2,3)24-20(26)13-25(14-7-9-17(23)16(22)11-14)31(27,28)15-8-10-18(29-4)19(12-15)30-5/h7-12H,6,13H2,1-5H3,(H,24,26). The number of carbonyl (C=O) groups excluding carboxylic acids is 1. The van der Waals surface area contributed by atoms with Crippen molar-refractivity contribution in [2.45, 2.75) is 37.6 Å². The highest BCUT2D eigenvalue weighted by Crippen LogP contribution is 2.33. The molecule has 0 aliphatic rings. The summed E-state index contributed by atoms with van der Waals surface area (Å²) in [5, 5.41) is 2.54. The predicted molar refractivity (Wildman–Crippen MR) is 118 cm³/mol. The summed E-state index contributed by atoms with van der Waals surface area (Å²) < 4.78 is 51.9. The molecular formula is C21H26ClFN2O5S. The average molecular weight is 473 g/mol. The summed E-state index contributed by atoms with van der Waals surface area (Å²) in [4.78, 5) is 12.6. The third-order valence-electron chi connectivity index (χ3n) is 4.78. The van der Waals surface area contributed by atoms with Gasteiger partial charge in [0.15, 0.2) is 11.5 Å². The largest absolute Gasteiger partial charge is 0.493 e. The molecule has 2 aromatic carbocycles. The molecule has 0 aliphatic heterocycles. The van der Waals surface area contributed by atoms with E-state index in [9.17, 15) is 17.6 Å². The molecule has 0 fully saturated rings. The van der Waals surface area contributed by atoms with Crippen molar-refractivity contribution in [1.82, 2.24) is 5.32 Å². The minimum Gasteiger partial charge on any atom is -0.493 e. The van der Waals surface area contributed by atoms with Gasteiger partial charge >= 0.3 is 0 Å². The normalized spacial score (nSPS) is 11.7. The minimum atomic E-state index is -4.24. The van der Waals surface area contributed by atoms with Crippen LogP contribution >= 0.6 is 11.6 Å². The number of anilines is 1. The van der Waals surface area contributed by atoms with Crippen molar-refractivity contribution in [2.75, 3.05) is 25.1 Å². The molecule has 0 unspecified atom stereocenters. The van der Waals surface area contributed by atoms with E-state index in [0.717, 1.165) is 16.4 Å². The zero-order valence-electron chi connectivity index (χ0n) is 18.0. The van der Waals surface area contributed by atoms with Gasteiger partial charge < -0.3 is 14.8 Å². The number of sulfonamides is 1. The fourth-order valence-corrected chi connectivity index (χ4v) is 4.30. The van der Waals surface area contributed by atoms with Gasteiger partial charge in [0.05, 0.1) is 29.8 Å². The number of nitrogens with zero attached hydrogens (tertiary/aromatic N) is 1. The number of amides is 1. The van der Waals surface area contributed by atoms with Crippen LogP contribution in [0.5, 0.6) is 11.5 Å². The highest BCUT2D eigenvalue weighted by atomic mass is 35.5. The molecule has 31 heavy (non-hydrogen) atoms. The fraction of sp³-hybridized carbons (Fsp3) is 0.381. The first-order valence-electron chi connectivity index (χ1n) is 9.46. The molecule has 0 aromatic heterocycles. The summed E-state index contributed by atoms with van der Waals surface area (Å²) in [6, 6.07) is 7.53. The second-order valence-corrected chi connectivity index (χ2v) is 9.68. The number of hydrogen-bond acceptors (Lipinski definition) is 5. The molecule has 0 heterocycles. The molecule has 0 bridgehead atoms. The topological polar surface area (TPSA) is 84.9 Å². The van der Waals surface area contributed by atoms with Crippen molar-refractivity contribution in [3.8, 4) is 11.5 Å². The first kappa shape index (κ1) is 24.7. The Morgan fingerprint density at radius 2 is 1.77 bits per heavy atom. The maximum atomic E-state index is 13.7. The maximum absolute atomic E-state index is 13.7. The van der Waals surface area contributed by atoms with Gasteiger partial charge in [-0.3, -0.25) is 9.10 Å². The van der Waals surface area contributed by atoms with Crippen LogP contribution in [0.25, 0.3) is 0 Å². The molecule has 1 amide bonds. The molecule has 0 radical (unpaired) electrons. The zero-order chi connectivity index (χ0) is 23.4. The van der Waals surface area contributed by atoms with Gasteiger partial charge in [0.25, 0.3) is 10.0 Å². The number of rotatable bonds is 9. The van der Waals surface area contributed by atoms with Crippen molar-refractivity contribution >= 4 is 33.2 Å². The SMILES string of the molecule is CCC(C)(C)NC(=O)CN(c1ccc(F)c(Cl)c1)S(=O)(=O)c1ccc(OC)c(OC)c1. The Bertz CT molecular complexity index is 1060. The summed E-state index contributed by atoms with van der Waals surface area (Å²) in [5.74, 6) is -0.667. The Labute approximate surface area is 187 Å². The molecule has 7 nitrogen and oxygen atoms in total. The molecule has 0 saturated heterocycles. The third kappa shape index (κ3) is 5.80. The van der Waals surface area contributed by atoms with E-state index in [4.69, 9.17) is 21.1 Å². The molecule has 170 valence electrons. The summed E-state index contributed by atoms with van der Waals surface area (Å²) in [7, 11) is -1.43. The Morgan fingerprint density at radius 1 is 1.13 bits per heavy atom. The van der Waals surface area contributed by atoms with Crippen LogP contribution < -0.4 is 19.1 Å². The van der Waals surface area contributed by atoms with Gasteiger partial charge in [-0.2, -0.15) is 0 Å². The summed E-state index contributed by atoms with van der Waals surface area (Å²) >= 11 is 5.87. The minimum absolute atomic E-state index is 0.0469. The van der Waals surface area contributed by atoms with E-state index in [1.54, 1.807) is 0 Å². The van der Waals surface area contributed by atoms with Crippen LogP contribution in [0.2, 0.25) is 5.02 Å². The Hall–Kier alpha value is -2.52. The van der Waals surface area contributed by atoms with Crippen molar-refractivity contribution in [3.05, 3.63) is 47.2 Å². The van der Waals surface area contributed by atoms with Gasteiger partial charge in [-0.1, -0.05) is 18.5 Å². The predicted octanol–water partition coefficient (Wildman–Crippen LogP) is 4.00. The monoisotopic (exact) mass is 472 g/mol. The van der Waals surface area contributed by atoms with Gasteiger partial charge in [0.2, 0.25) is 5.91 Å². The first-order chi connectivity index (χ1) is 14.4. The molecule has 2 rings (SSSR count). The first-order valence-corrected chi connectivity index (χ1v) is 11.3. The number of nitrogens with one attached hydrogen (secondary N) is 1. The van der Waals surface area contributed by atoms with Crippen LogP contribution in [0, 0.1) is 5.82 Å². The highest BCUT2D eigenvalue weighted by Gasteiger charge is 2.30. The number of carbonyl (C=O) groups is 1. The lowest BCUT2D eigenvalue weighted by Crippen LogP contribution is -2.48. The quantitative estimate of drug-likeness (QED) is 0.596. The molecule has 0 aliphatic carbocycles. The van der Waals surface area contributed by atoms with E-state index in [2.05, 4.69) is 5.32 Å². The zero-order valence-corrected chi connectivity index (χ0v) is 19.6. The van der Waals surface area contributed by atoms with Crippen LogP contribution in [-0.4, -0.2) is 40.6 Å². The van der Waals surface area contributed by atoms with Crippen LogP contribution in [0.1, 0.15) is 27.2 Å². The van der Waals surface area contributed by atoms with E-state index < -0.39 is 33.8 Å². The molecule has 10 heteroatoms. The second-order valence-electron chi connectivity index (χ2n) is 7.41. The van der Waals surface area contributed by atoms with Gasteiger partial charge in [0.1, 0.15) is 12.4 Å². The van der Waals surface area contributed by atoms with Crippen molar-refractivity contribution in [1.29, 1.82) is 0 Å². The van der Waals surface area contributed by atoms with Crippen LogP contribution in [0.3, 0.4) is 0 Å². The van der Waals surface area contributed by atoms with Gasteiger partial charge in [0, 0.05) is 11.6 Å². The summed E-state index contributed by atoms with van der Waals surface area (Å²) in [6.07, 6.45) is 0.642. The average Bonchev–Trinajstić information content (AvgIpc) is 2.73. The van der Waals surface area contributed by atoms with Gasteiger partial charge in [-0.05, 0) is 50.6 Å². The van der Waals surface area contributed by atoms with E-state index in [0.29, 0.717) is 12.2 Å². The number of hydrogen-bond donors (Lipinski definition) is 1. The summed E-state index contributed by atoms with van der Waals surface area (Å²) in [5.41, 5.74) is -0.485. The molecule has 1 N–H and O–H groups in total. The lowest BCUT2D eigenvalue weighted by molar-refractivity contribution is -0.121. The second kappa shape index (κ2) is 9.74. The number of ether oxygens (including phenoxy) is 2. The smallest absolute Gasteiger partial charge is 0.264 e. The molecule has 0 saturated carbocycles. The van der Waals surface area contributed by atoms with E-state index in [1.807, 2.05) is 20.8 Å². The van der Waals surface area contributed by atoms with Crippen LogP contribution in [-0.2, 0) is 14.8 Å². The van der Waals surface area contributed by atoms with Gasteiger partial charge in [-0.15, -0.1) is 0 Å². The number of halogens is 2. The Morgan fingerprint density at radius 3 is 2.32 bits per heavy atom. The highest BCUT2D eigenvalue weighted by molar-refractivity contribution is 7.92. The van der Waals surface area contributed by atoms with Crippen LogP contribution in [0.15, 0.2) is 41.3 Å². The van der Waals surface area contributed by atoms with Crippen LogP contribution in [0.4, 0.5) is 10.1 Å². The fourth-order valence-electron chi connectivity index (χ4n) is 2.70. The molecule has 0 atom stereocenters.